The van der Waals surface area contributed by atoms with Crippen LogP contribution in [0.2, 0.25) is 0 Å². The lowest BCUT2D eigenvalue weighted by Crippen LogP contribution is -2.16. The van der Waals surface area contributed by atoms with E-state index in [2.05, 4.69) is 10.5 Å². The zero-order valence-electron chi connectivity index (χ0n) is 14.7. The highest BCUT2D eigenvalue weighted by molar-refractivity contribution is 6.10. The van der Waals surface area contributed by atoms with E-state index in [1.54, 1.807) is 6.07 Å². The van der Waals surface area contributed by atoms with Gasteiger partial charge >= 0.3 is 0 Å². The Labute approximate surface area is 145 Å². The number of ketones is 1. The number of rotatable bonds is 5. The molecule has 2 heterocycles. The highest BCUT2D eigenvalue weighted by Crippen LogP contribution is 2.32. The van der Waals surface area contributed by atoms with Crippen LogP contribution in [0, 0.1) is 13.8 Å². The van der Waals surface area contributed by atoms with Crippen molar-refractivity contribution in [2.24, 2.45) is 0 Å². The molecule has 25 heavy (non-hydrogen) atoms. The Balaban J connectivity index is 1.85. The van der Waals surface area contributed by atoms with Gasteiger partial charge < -0.3 is 14.3 Å². The minimum absolute atomic E-state index is 0.0507. The second-order valence-electron chi connectivity index (χ2n) is 6.25. The fourth-order valence-corrected chi connectivity index (χ4v) is 3.18. The molecule has 3 rings (SSSR count). The normalized spacial score (nSPS) is 12.3. The molecule has 0 radical (unpaired) electrons. The van der Waals surface area contributed by atoms with Gasteiger partial charge in [0.1, 0.15) is 11.3 Å². The number of nitrogens with zero attached hydrogens (tertiary/aromatic N) is 1. The van der Waals surface area contributed by atoms with E-state index in [1.807, 2.05) is 39.0 Å². The van der Waals surface area contributed by atoms with Crippen molar-refractivity contribution in [2.75, 3.05) is 5.32 Å². The molecule has 0 unspecified atom stereocenters. The standard InChI is InChI=1S/C19H20N2O4/c1-10(17-11(2)21-25-13(17)4)9-16(23)20-18-14-7-5-6-8-15(14)24-19(18)12(3)22/h5-8,10H,9H2,1-4H3,(H,20,23)/t10-/m1/s1. The number of fused-ring (bicyclic) bond motifs is 1. The zero-order chi connectivity index (χ0) is 18.1. The fourth-order valence-electron chi connectivity index (χ4n) is 3.18. The van der Waals surface area contributed by atoms with Crippen LogP contribution in [0.4, 0.5) is 5.69 Å². The minimum Gasteiger partial charge on any atom is -0.451 e. The van der Waals surface area contributed by atoms with Crippen molar-refractivity contribution in [2.45, 2.75) is 40.0 Å². The summed E-state index contributed by atoms with van der Waals surface area (Å²) in [4.78, 5) is 24.4. The Kier molecular flexibility index (Phi) is 4.44. The van der Waals surface area contributed by atoms with Crippen LogP contribution in [0.25, 0.3) is 11.0 Å². The molecule has 0 aliphatic heterocycles. The number of nitrogens with one attached hydrogen (secondary N) is 1. The predicted molar refractivity (Wildman–Crippen MR) is 93.9 cm³/mol. The third kappa shape index (κ3) is 3.20. The third-order valence-corrected chi connectivity index (χ3v) is 4.25. The average Bonchev–Trinajstić information content (AvgIpc) is 3.08. The van der Waals surface area contributed by atoms with E-state index in [1.165, 1.54) is 6.92 Å². The van der Waals surface area contributed by atoms with E-state index in [4.69, 9.17) is 8.94 Å². The highest BCUT2D eigenvalue weighted by Gasteiger charge is 2.23. The van der Waals surface area contributed by atoms with Crippen molar-refractivity contribution in [3.05, 3.63) is 47.0 Å². The summed E-state index contributed by atoms with van der Waals surface area (Å²) in [5.74, 6) is 0.410. The van der Waals surface area contributed by atoms with Gasteiger partial charge in [0.2, 0.25) is 5.91 Å². The number of para-hydroxylation sites is 1. The zero-order valence-corrected chi connectivity index (χ0v) is 14.7. The lowest BCUT2D eigenvalue weighted by atomic mass is 9.96. The predicted octanol–water partition coefficient (Wildman–Crippen LogP) is 4.37. The van der Waals surface area contributed by atoms with Crippen LogP contribution in [0.3, 0.4) is 0 Å². The first-order valence-electron chi connectivity index (χ1n) is 8.13. The summed E-state index contributed by atoms with van der Waals surface area (Å²) in [6, 6.07) is 7.24. The number of hydrogen-bond acceptors (Lipinski definition) is 5. The van der Waals surface area contributed by atoms with Crippen LogP contribution in [0.1, 0.15) is 53.8 Å². The fraction of sp³-hybridized carbons (Fsp3) is 0.316. The Hall–Kier alpha value is -2.89. The van der Waals surface area contributed by atoms with Gasteiger partial charge in [-0.3, -0.25) is 9.59 Å². The molecule has 1 N–H and O–H groups in total. The molecule has 0 saturated carbocycles. The summed E-state index contributed by atoms with van der Waals surface area (Å²) in [5.41, 5.74) is 2.73. The molecule has 0 saturated heterocycles. The maximum absolute atomic E-state index is 12.5. The van der Waals surface area contributed by atoms with Crippen LogP contribution >= 0.6 is 0 Å². The highest BCUT2D eigenvalue weighted by atomic mass is 16.5. The maximum atomic E-state index is 12.5. The van der Waals surface area contributed by atoms with Gasteiger partial charge in [0.15, 0.2) is 11.5 Å². The van der Waals surface area contributed by atoms with Crippen molar-refractivity contribution in [1.82, 2.24) is 5.16 Å². The van der Waals surface area contributed by atoms with Gasteiger partial charge in [-0.25, -0.2) is 0 Å². The number of amides is 1. The number of hydrogen-bond donors (Lipinski definition) is 1. The first-order valence-corrected chi connectivity index (χ1v) is 8.13. The maximum Gasteiger partial charge on any atom is 0.225 e. The second-order valence-corrected chi connectivity index (χ2v) is 6.25. The molecule has 0 bridgehead atoms. The van der Waals surface area contributed by atoms with E-state index in [-0.39, 0.29) is 29.8 Å². The molecule has 0 spiro atoms. The Morgan fingerprint density at radius 3 is 2.60 bits per heavy atom. The van der Waals surface area contributed by atoms with Crippen LogP contribution in [-0.4, -0.2) is 16.8 Å². The molecular weight excluding hydrogens is 320 g/mol. The third-order valence-electron chi connectivity index (χ3n) is 4.25. The summed E-state index contributed by atoms with van der Waals surface area (Å²) in [5, 5.41) is 7.49. The molecular formula is C19H20N2O4. The van der Waals surface area contributed by atoms with Gasteiger partial charge in [0.25, 0.3) is 0 Å². The molecule has 0 aliphatic carbocycles. The van der Waals surface area contributed by atoms with Crippen molar-refractivity contribution in [1.29, 1.82) is 0 Å². The molecule has 1 amide bonds. The number of Topliss-reactive ketones (excluding diaryl/α,β-unsaturated/α-hetero) is 1. The molecule has 130 valence electrons. The van der Waals surface area contributed by atoms with Crippen molar-refractivity contribution >= 4 is 28.3 Å². The molecule has 0 aliphatic rings. The van der Waals surface area contributed by atoms with E-state index in [9.17, 15) is 9.59 Å². The number of aryl methyl sites for hydroxylation is 2. The first kappa shape index (κ1) is 17.0. The van der Waals surface area contributed by atoms with Crippen molar-refractivity contribution in [3.63, 3.8) is 0 Å². The van der Waals surface area contributed by atoms with E-state index in [0.29, 0.717) is 16.7 Å². The van der Waals surface area contributed by atoms with Gasteiger partial charge in [-0.1, -0.05) is 24.2 Å². The van der Waals surface area contributed by atoms with Crippen LogP contribution < -0.4 is 5.32 Å². The molecule has 6 nitrogen and oxygen atoms in total. The second kappa shape index (κ2) is 6.55. The lowest BCUT2D eigenvalue weighted by Gasteiger charge is -2.11. The van der Waals surface area contributed by atoms with Gasteiger partial charge in [-0.05, 0) is 31.9 Å². The minimum atomic E-state index is -0.231. The summed E-state index contributed by atoms with van der Waals surface area (Å²) in [6.07, 6.45) is 0.250. The smallest absolute Gasteiger partial charge is 0.225 e. The number of carbonyl (C=O) groups is 2. The molecule has 3 aromatic rings. The Morgan fingerprint density at radius 1 is 1.24 bits per heavy atom. The summed E-state index contributed by atoms with van der Waals surface area (Å²) in [6.45, 7) is 7.06. The Bertz CT molecular complexity index is 932. The molecule has 6 heteroatoms. The monoisotopic (exact) mass is 340 g/mol. The van der Waals surface area contributed by atoms with E-state index >= 15 is 0 Å². The topological polar surface area (TPSA) is 85.3 Å². The number of carbonyl (C=O) groups excluding carboxylic acids is 2. The van der Waals surface area contributed by atoms with Gasteiger partial charge in [0.05, 0.1) is 11.4 Å². The van der Waals surface area contributed by atoms with Gasteiger partial charge in [-0.2, -0.15) is 0 Å². The van der Waals surface area contributed by atoms with Gasteiger partial charge in [-0.15, -0.1) is 0 Å². The Morgan fingerprint density at radius 2 is 1.96 bits per heavy atom. The molecule has 1 atom stereocenters. The number of benzene rings is 1. The summed E-state index contributed by atoms with van der Waals surface area (Å²) >= 11 is 0. The molecule has 1 aromatic carbocycles. The van der Waals surface area contributed by atoms with Crippen molar-refractivity contribution in [3.8, 4) is 0 Å². The van der Waals surface area contributed by atoms with Crippen LogP contribution in [0.15, 0.2) is 33.2 Å². The summed E-state index contributed by atoms with van der Waals surface area (Å²) < 4.78 is 10.8. The SMILES string of the molecule is CC(=O)c1oc2ccccc2c1NC(=O)C[C@@H](C)c1c(C)noc1C. The molecule has 0 fully saturated rings. The van der Waals surface area contributed by atoms with E-state index < -0.39 is 0 Å². The lowest BCUT2D eigenvalue weighted by molar-refractivity contribution is -0.116. The van der Waals surface area contributed by atoms with E-state index in [0.717, 1.165) is 17.0 Å². The van der Waals surface area contributed by atoms with Crippen LogP contribution in [0.5, 0.6) is 0 Å². The number of anilines is 1. The first-order chi connectivity index (χ1) is 11.9. The number of aromatic nitrogens is 1. The molecule has 2 aromatic heterocycles. The average molecular weight is 340 g/mol. The largest absolute Gasteiger partial charge is 0.451 e. The van der Waals surface area contributed by atoms with Gasteiger partial charge in [0, 0.05) is 24.3 Å². The van der Waals surface area contributed by atoms with Crippen LogP contribution in [-0.2, 0) is 4.79 Å². The number of furan rings is 1. The summed E-state index contributed by atoms with van der Waals surface area (Å²) in [7, 11) is 0. The van der Waals surface area contributed by atoms with Crippen molar-refractivity contribution < 1.29 is 18.5 Å². The quantitative estimate of drug-likeness (QED) is 0.697.